The smallest absolute Gasteiger partial charge is 0.0925 e. The van der Waals surface area contributed by atoms with Crippen LogP contribution >= 0.6 is 11.3 Å². The predicted molar refractivity (Wildman–Crippen MR) is 69.0 cm³/mol. The fraction of sp³-hybridized carbons (Fsp3) is 0.750. The zero-order valence-electron chi connectivity index (χ0n) is 10.2. The minimum atomic E-state index is 0.290. The number of aliphatic hydroxyl groups is 1. The van der Waals surface area contributed by atoms with E-state index in [1.54, 1.807) is 11.3 Å². The highest BCUT2D eigenvalue weighted by Crippen LogP contribution is 2.10. The van der Waals surface area contributed by atoms with Crippen molar-refractivity contribution < 1.29 is 5.11 Å². The van der Waals surface area contributed by atoms with Crippen LogP contribution in [0.5, 0.6) is 0 Å². The predicted octanol–water partition coefficient (Wildman–Crippen LogP) is 2.00. The summed E-state index contributed by atoms with van der Waals surface area (Å²) < 4.78 is 0. The summed E-state index contributed by atoms with van der Waals surface area (Å²) in [7, 11) is 0. The SMILES string of the molecule is CCc1nc(CCNC(C)CCCO)cs1. The van der Waals surface area contributed by atoms with Crippen LogP contribution < -0.4 is 5.32 Å². The summed E-state index contributed by atoms with van der Waals surface area (Å²) in [4.78, 5) is 4.53. The number of hydrogen-bond acceptors (Lipinski definition) is 4. The van der Waals surface area contributed by atoms with E-state index in [0.717, 1.165) is 32.2 Å². The molecular formula is C12H22N2OS. The highest BCUT2D eigenvalue weighted by molar-refractivity contribution is 7.09. The summed E-state index contributed by atoms with van der Waals surface area (Å²) in [5.74, 6) is 0. The molecule has 0 saturated heterocycles. The van der Waals surface area contributed by atoms with E-state index in [1.165, 1.54) is 10.7 Å². The number of aryl methyl sites for hydroxylation is 1. The summed E-state index contributed by atoms with van der Waals surface area (Å²) in [6.45, 7) is 5.56. The molecule has 4 heteroatoms. The highest BCUT2D eigenvalue weighted by Gasteiger charge is 2.02. The van der Waals surface area contributed by atoms with Crippen molar-refractivity contribution in [3.8, 4) is 0 Å². The molecule has 0 bridgehead atoms. The summed E-state index contributed by atoms with van der Waals surface area (Å²) in [5.41, 5.74) is 1.20. The van der Waals surface area contributed by atoms with Crippen LogP contribution in [-0.2, 0) is 12.8 Å². The van der Waals surface area contributed by atoms with Gasteiger partial charge in [-0.3, -0.25) is 0 Å². The first-order valence-electron chi connectivity index (χ1n) is 6.03. The van der Waals surface area contributed by atoms with E-state index in [1.807, 2.05) is 0 Å². The molecule has 0 radical (unpaired) electrons. The minimum absolute atomic E-state index is 0.290. The normalized spacial score (nSPS) is 12.9. The van der Waals surface area contributed by atoms with Crippen LogP contribution in [0.15, 0.2) is 5.38 Å². The average Bonchev–Trinajstić information content (AvgIpc) is 2.74. The Morgan fingerprint density at radius 3 is 3.00 bits per heavy atom. The van der Waals surface area contributed by atoms with Crippen molar-refractivity contribution in [3.63, 3.8) is 0 Å². The molecule has 0 saturated carbocycles. The Bertz CT molecular complexity index is 288. The van der Waals surface area contributed by atoms with E-state index in [9.17, 15) is 0 Å². The van der Waals surface area contributed by atoms with Gasteiger partial charge in [-0.25, -0.2) is 4.98 Å². The first-order chi connectivity index (χ1) is 7.76. The van der Waals surface area contributed by atoms with E-state index in [2.05, 4.69) is 29.5 Å². The van der Waals surface area contributed by atoms with E-state index in [0.29, 0.717) is 6.04 Å². The number of nitrogens with zero attached hydrogens (tertiary/aromatic N) is 1. The average molecular weight is 242 g/mol. The van der Waals surface area contributed by atoms with E-state index >= 15 is 0 Å². The van der Waals surface area contributed by atoms with Gasteiger partial charge in [-0.15, -0.1) is 11.3 Å². The standard InChI is InChI=1S/C12H22N2OS/c1-3-12-14-11(9-16-12)6-7-13-10(2)5-4-8-15/h9-10,13,15H,3-8H2,1-2H3. The minimum Gasteiger partial charge on any atom is -0.396 e. The van der Waals surface area contributed by atoms with Crippen LogP contribution in [0.25, 0.3) is 0 Å². The van der Waals surface area contributed by atoms with Crippen molar-refractivity contribution in [2.24, 2.45) is 0 Å². The zero-order valence-corrected chi connectivity index (χ0v) is 11.0. The van der Waals surface area contributed by atoms with Crippen molar-refractivity contribution in [1.29, 1.82) is 0 Å². The number of hydrogen-bond donors (Lipinski definition) is 2. The van der Waals surface area contributed by atoms with Crippen LogP contribution in [0.3, 0.4) is 0 Å². The molecule has 0 aliphatic heterocycles. The van der Waals surface area contributed by atoms with Gasteiger partial charge in [-0.1, -0.05) is 6.92 Å². The second-order valence-corrected chi connectivity index (χ2v) is 5.00. The fourth-order valence-corrected chi connectivity index (χ4v) is 2.35. The van der Waals surface area contributed by atoms with Crippen molar-refractivity contribution >= 4 is 11.3 Å². The van der Waals surface area contributed by atoms with E-state index < -0.39 is 0 Å². The summed E-state index contributed by atoms with van der Waals surface area (Å²) in [6.07, 6.45) is 3.95. The van der Waals surface area contributed by atoms with Crippen molar-refractivity contribution in [2.45, 2.75) is 45.6 Å². The van der Waals surface area contributed by atoms with Crippen LogP contribution in [0.1, 0.15) is 37.4 Å². The Morgan fingerprint density at radius 2 is 2.38 bits per heavy atom. The Hall–Kier alpha value is -0.450. The van der Waals surface area contributed by atoms with Crippen molar-refractivity contribution in [1.82, 2.24) is 10.3 Å². The van der Waals surface area contributed by atoms with Gasteiger partial charge in [-0.05, 0) is 26.2 Å². The second kappa shape index (κ2) is 7.76. The maximum absolute atomic E-state index is 8.71. The van der Waals surface area contributed by atoms with Gasteiger partial charge in [0.1, 0.15) is 0 Å². The van der Waals surface area contributed by atoms with Gasteiger partial charge in [0.2, 0.25) is 0 Å². The van der Waals surface area contributed by atoms with Crippen LogP contribution in [0.2, 0.25) is 0 Å². The monoisotopic (exact) mass is 242 g/mol. The summed E-state index contributed by atoms with van der Waals surface area (Å²) in [6, 6.07) is 0.483. The van der Waals surface area contributed by atoms with E-state index in [-0.39, 0.29) is 6.61 Å². The number of thiazole rings is 1. The Morgan fingerprint density at radius 1 is 1.56 bits per heavy atom. The maximum Gasteiger partial charge on any atom is 0.0925 e. The quantitative estimate of drug-likeness (QED) is 0.733. The molecule has 3 nitrogen and oxygen atoms in total. The van der Waals surface area contributed by atoms with Crippen LogP contribution in [0.4, 0.5) is 0 Å². The molecule has 0 amide bonds. The first kappa shape index (κ1) is 13.6. The van der Waals surface area contributed by atoms with Gasteiger partial charge in [0.05, 0.1) is 10.7 Å². The van der Waals surface area contributed by atoms with Crippen molar-refractivity contribution in [3.05, 3.63) is 16.1 Å². The molecule has 0 fully saturated rings. The fourth-order valence-electron chi connectivity index (χ4n) is 1.57. The number of aliphatic hydroxyl groups excluding tert-OH is 1. The molecule has 16 heavy (non-hydrogen) atoms. The third kappa shape index (κ3) is 5.05. The molecule has 1 atom stereocenters. The highest BCUT2D eigenvalue weighted by atomic mass is 32.1. The first-order valence-corrected chi connectivity index (χ1v) is 6.91. The third-order valence-electron chi connectivity index (χ3n) is 2.57. The molecular weight excluding hydrogens is 220 g/mol. The lowest BCUT2D eigenvalue weighted by atomic mass is 10.2. The summed E-state index contributed by atoms with van der Waals surface area (Å²) >= 11 is 1.75. The van der Waals surface area contributed by atoms with Crippen LogP contribution in [0, 0.1) is 0 Å². The van der Waals surface area contributed by atoms with Gasteiger partial charge in [-0.2, -0.15) is 0 Å². The topological polar surface area (TPSA) is 45.2 Å². The lowest BCUT2D eigenvalue weighted by molar-refractivity contribution is 0.276. The maximum atomic E-state index is 8.71. The molecule has 0 spiro atoms. The number of rotatable bonds is 8. The number of nitrogens with one attached hydrogen (secondary N) is 1. The van der Waals surface area contributed by atoms with E-state index in [4.69, 9.17) is 5.11 Å². The third-order valence-corrected chi connectivity index (χ3v) is 3.61. The molecule has 1 unspecified atom stereocenters. The summed E-state index contributed by atoms with van der Waals surface area (Å²) in [5, 5.41) is 15.5. The number of aromatic nitrogens is 1. The van der Waals surface area contributed by atoms with Crippen molar-refractivity contribution in [2.75, 3.05) is 13.2 Å². The zero-order chi connectivity index (χ0) is 11.8. The lowest BCUT2D eigenvalue weighted by Gasteiger charge is -2.11. The van der Waals surface area contributed by atoms with Gasteiger partial charge in [0.25, 0.3) is 0 Å². The molecule has 92 valence electrons. The molecule has 1 aromatic rings. The van der Waals surface area contributed by atoms with Crippen LogP contribution in [-0.4, -0.2) is 29.3 Å². The molecule has 1 aromatic heterocycles. The lowest BCUT2D eigenvalue weighted by Crippen LogP contribution is -2.28. The molecule has 1 heterocycles. The van der Waals surface area contributed by atoms with Gasteiger partial charge in [0.15, 0.2) is 0 Å². The molecule has 0 aromatic carbocycles. The molecule has 1 rings (SSSR count). The molecule has 2 N–H and O–H groups in total. The second-order valence-electron chi connectivity index (χ2n) is 4.06. The molecule has 0 aliphatic carbocycles. The Labute approximate surface area is 102 Å². The van der Waals surface area contributed by atoms with Gasteiger partial charge >= 0.3 is 0 Å². The Balaban J connectivity index is 2.14. The van der Waals surface area contributed by atoms with Gasteiger partial charge < -0.3 is 10.4 Å². The largest absolute Gasteiger partial charge is 0.396 e. The van der Waals surface area contributed by atoms with Gasteiger partial charge in [0, 0.05) is 31.0 Å². The Kier molecular flexibility index (Phi) is 6.61. The molecule has 0 aliphatic rings.